The van der Waals surface area contributed by atoms with Crippen molar-refractivity contribution in [3.63, 3.8) is 0 Å². The van der Waals surface area contributed by atoms with Gasteiger partial charge in [0.25, 0.3) is 0 Å². The predicted molar refractivity (Wildman–Crippen MR) is 97.5 cm³/mol. The van der Waals surface area contributed by atoms with Crippen molar-refractivity contribution in [2.24, 2.45) is 11.6 Å². The highest BCUT2D eigenvalue weighted by atomic mass is 79.9. The number of thiophene rings is 1. The molecule has 1 atom stereocenters. The van der Waals surface area contributed by atoms with Crippen molar-refractivity contribution >= 4 is 37.4 Å². The molecule has 0 fully saturated rings. The number of alkyl halides is 3. The second-order valence-electron chi connectivity index (χ2n) is 5.66. The summed E-state index contributed by atoms with van der Waals surface area (Å²) in [7, 11) is 0. The lowest BCUT2D eigenvalue weighted by Gasteiger charge is -2.30. The van der Waals surface area contributed by atoms with Crippen LogP contribution in [0, 0.1) is 11.3 Å². The SMILES string of the molecule is CCC(O)(/C(N)=C/N(N)Cc1ccc2c(Br)c(C#N)sc2c1)C(F)(F)F. The Balaban J connectivity index is 2.25. The van der Waals surface area contributed by atoms with E-state index in [0.29, 0.717) is 14.9 Å². The molecule has 1 aromatic carbocycles. The number of nitriles is 1. The minimum Gasteiger partial charge on any atom is -0.398 e. The van der Waals surface area contributed by atoms with Crippen LogP contribution in [0.1, 0.15) is 23.8 Å². The summed E-state index contributed by atoms with van der Waals surface area (Å²) in [5, 5.41) is 20.7. The second kappa shape index (κ2) is 7.44. The highest BCUT2D eigenvalue weighted by Crippen LogP contribution is 2.37. The summed E-state index contributed by atoms with van der Waals surface area (Å²) in [4.78, 5) is 0.532. The van der Waals surface area contributed by atoms with Crippen LogP contribution < -0.4 is 11.6 Å². The first-order chi connectivity index (χ1) is 12.0. The number of aliphatic hydroxyl groups is 1. The number of nitrogens with two attached hydrogens (primary N) is 2. The van der Waals surface area contributed by atoms with Gasteiger partial charge < -0.3 is 15.8 Å². The van der Waals surface area contributed by atoms with Crippen molar-refractivity contribution in [2.45, 2.75) is 31.7 Å². The van der Waals surface area contributed by atoms with E-state index in [1.807, 2.05) is 0 Å². The van der Waals surface area contributed by atoms with Crippen LogP contribution in [0.5, 0.6) is 0 Å². The molecule has 26 heavy (non-hydrogen) atoms. The molecule has 0 amide bonds. The molecule has 0 aliphatic carbocycles. The van der Waals surface area contributed by atoms with Crippen LogP contribution in [0.25, 0.3) is 10.1 Å². The third-order valence-corrected chi connectivity index (χ3v) is 6.07. The Labute approximate surface area is 160 Å². The third-order valence-electron chi connectivity index (χ3n) is 3.92. The van der Waals surface area contributed by atoms with Gasteiger partial charge in [0.2, 0.25) is 5.60 Å². The normalized spacial score (nSPS) is 14.9. The number of hydrogen-bond acceptors (Lipinski definition) is 6. The number of benzene rings is 1. The molecule has 0 saturated carbocycles. The van der Waals surface area contributed by atoms with Crippen LogP contribution in [-0.4, -0.2) is 21.9 Å². The Morgan fingerprint density at radius 2 is 2.12 bits per heavy atom. The fourth-order valence-electron chi connectivity index (χ4n) is 2.39. The van der Waals surface area contributed by atoms with E-state index >= 15 is 0 Å². The minimum atomic E-state index is -4.90. The summed E-state index contributed by atoms with van der Waals surface area (Å²) in [6, 6.07) is 7.43. The van der Waals surface area contributed by atoms with Crippen molar-refractivity contribution in [2.75, 3.05) is 0 Å². The van der Waals surface area contributed by atoms with Gasteiger partial charge in [0.15, 0.2) is 0 Å². The molecule has 0 saturated heterocycles. The molecule has 2 aromatic rings. The summed E-state index contributed by atoms with van der Waals surface area (Å²) in [5.74, 6) is 5.75. The van der Waals surface area contributed by atoms with E-state index in [1.54, 1.807) is 18.2 Å². The van der Waals surface area contributed by atoms with Gasteiger partial charge in [0, 0.05) is 16.3 Å². The molecule has 1 aromatic heterocycles. The molecule has 2 rings (SSSR count). The Hall–Kier alpha value is -1.80. The van der Waals surface area contributed by atoms with Gasteiger partial charge in [-0.2, -0.15) is 18.4 Å². The van der Waals surface area contributed by atoms with Gasteiger partial charge in [-0.3, -0.25) is 0 Å². The molecule has 10 heteroatoms. The standard InChI is InChI=1S/C16H16BrF3N4OS/c1-2-15(25,16(18,19)20)13(22)8-24(23)7-9-3-4-10-11(5-9)26-12(6-21)14(10)17/h3-5,8,25H,2,7,22-23H2,1H3/b13-8-. The predicted octanol–water partition coefficient (Wildman–Crippen LogP) is 3.71. The van der Waals surface area contributed by atoms with E-state index in [9.17, 15) is 18.3 Å². The number of nitrogens with zero attached hydrogens (tertiary/aromatic N) is 2. The Bertz CT molecular complexity index is 890. The van der Waals surface area contributed by atoms with Crippen molar-refractivity contribution in [1.29, 1.82) is 5.26 Å². The van der Waals surface area contributed by atoms with Gasteiger partial charge in [0.1, 0.15) is 10.9 Å². The maximum absolute atomic E-state index is 13.0. The van der Waals surface area contributed by atoms with Crippen LogP contribution in [0.2, 0.25) is 0 Å². The Morgan fingerprint density at radius 1 is 1.46 bits per heavy atom. The summed E-state index contributed by atoms with van der Waals surface area (Å²) >= 11 is 4.66. The number of fused-ring (bicyclic) bond motifs is 1. The first kappa shape index (κ1) is 20.5. The van der Waals surface area contributed by atoms with Gasteiger partial charge >= 0.3 is 6.18 Å². The summed E-state index contributed by atoms with van der Waals surface area (Å²) in [6.45, 7) is 1.26. The maximum Gasteiger partial charge on any atom is 0.422 e. The van der Waals surface area contributed by atoms with Gasteiger partial charge in [-0.1, -0.05) is 19.1 Å². The first-order valence-corrected chi connectivity index (χ1v) is 9.03. The number of halogens is 4. The smallest absolute Gasteiger partial charge is 0.398 e. The average molecular weight is 449 g/mol. The fourth-order valence-corrected chi connectivity index (χ4v) is 4.15. The lowest BCUT2D eigenvalue weighted by atomic mass is 9.96. The zero-order valence-corrected chi connectivity index (χ0v) is 16.0. The van der Waals surface area contributed by atoms with Gasteiger partial charge in [-0.05, 0) is 34.0 Å². The Kier molecular flexibility index (Phi) is 5.87. The minimum absolute atomic E-state index is 0.0751. The Morgan fingerprint density at radius 3 is 2.65 bits per heavy atom. The summed E-state index contributed by atoms with van der Waals surface area (Å²) < 4.78 is 40.6. The monoisotopic (exact) mass is 448 g/mol. The van der Waals surface area contributed by atoms with Crippen LogP contribution in [0.4, 0.5) is 13.2 Å². The van der Waals surface area contributed by atoms with Gasteiger partial charge in [-0.25, -0.2) is 5.84 Å². The summed E-state index contributed by atoms with van der Waals surface area (Å²) in [5.41, 5.74) is 2.28. The zero-order chi connectivity index (χ0) is 19.7. The quantitative estimate of drug-likeness (QED) is 0.478. The fraction of sp³-hybridized carbons (Fsp3) is 0.312. The maximum atomic E-state index is 13.0. The third kappa shape index (κ3) is 3.81. The number of rotatable bonds is 5. The van der Waals surface area contributed by atoms with E-state index in [4.69, 9.17) is 16.8 Å². The van der Waals surface area contributed by atoms with E-state index < -0.39 is 23.9 Å². The van der Waals surface area contributed by atoms with Crippen molar-refractivity contribution in [3.8, 4) is 6.07 Å². The van der Waals surface area contributed by atoms with E-state index in [0.717, 1.165) is 21.3 Å². The van der Waals surface area contributed by atoms with Crippen LogP contribution in [-0.2, 0) is 6.54 Å². The van der Waals surface area contributed by atoms with Crippen LogP contribution >= 0.6 is 27.3 Å². The van der Waals surface area contributed by atoms with Crippen LogP contribution in [0.15, 0.2) is 34.6 Å². The molecular weight excluding hydrogens is 433 g/mol. The molecule has 1 heterocycles. The highest BCUT2D eigenvalue weighted by molar-refractivity contribution is 9.10. The van der Waals surface area contributed by atoms with Crippen molar-refractivity contribution in [3.05, 3.63) is 45.0 Å². The number of hydrogen-bond donors (Lipinski definition) is 3. The van der Waals surface area contributed by atoms with Gasteiger partial charge in [0.05, 0.1) is 16.7 Å². The molecule has 0 aliphatic rings. The topological polar surface area (TPSA) is 99.3 Å². The molecule has 1 unspecified atom stereocenters. The average Bonchev–Trinajstić information content (AvgIpc) is 2.88. The van der Waals surface area contributed by atoms with Crippen molar-refractivity contribution in [1.82, 2.24) is 5.01 Å². The first-order valence-electron chi connectivity index (χ1n) is 7.42. The van der Waals surface area contributed by atoms with Gasteiger partial charge in [-0.15, -0.1) is 11.3 Å². The lowest BCUT2D eigenvalue weighted by molar-refractivity contribution is -0.245. The molecule has 0 aliphatic heterocycles. The molecule has 0 radical (unpaired) electrons. The highest BCUT2D eigenvalue weighted by Gasteiger charge is 2.54. The molecular formula is C16H16BrF3N4OS. The van der Waals surface area contributed by atoms with E-state index in [2.05, 4.69) is 22.0 Å². The molecule has 0 spiro atoms. The van der Waals surface area contributed by atoms with E-state index in [1.165, 1.54) is 18.3 Å². The largest absolute Gasteiger partial charge is 0.422 e. The van der Waals surface area contributed by atoms with Crippen LogP contribution in [0.3, 0.4) is 0 Å². The molecule has 140 valence electrons. The molecule has 5 N–H and O–H groups in total. The number of hydrazine groups is 1. The summed E-state index contributed by atoms with van der Waals surface area (Å²) in [6.07, 6.45) is -4.65. The van der Waals surface area contributed by atoms with Crippen molar-refractivity contribution < 1.29 is 18.3 Å². The lowest BCUT2D eigenvalue weighted by Crippen LogP contribution is -2.49. The van der Waals surface area contributed by atoms with E-state index in [-0.39, 0.29) is 6.54 Å². The zero-order valence-electron chi connectivity index (χ0n) is 13.6. The molecule has 0 bridgehead atoms. The second-order valence-corrected chi connectivity index (χ2v) is 7.50. The molecule has 5 nitrogen and oxygen atoms in total.